The number of carboxylic acids is 2. The third kappa shape index (κ3) is 3.51. The number of ether oxygens (including phenoxy) is 1. The number of aliphatic hydroxyl groups excluding tert-OH is 1. The number of aliphatic carboxylic acids is 2. The molecule has 0 saturated heterocycles. The molecule has 2 aliphatic carbocycles. The Morgan fingerprint density at radius 2 is 1.88 bits per heavy atom. The van der Waals surface area contributed by atoms with Crippen molar-refractivity contribution in [2.45, 2.75) is 31.8 Å². The van der Waals surface area contributed by atoms with Crippen molar-refractivity contribution in [1.29, 1.82) is 0 Å². The zero-order chi connectivity index (χ0) is 18.1. The largest absolute Gasteiger partial charge is 0.482 e. The Hall–Kier alpha value is -2.41. The lowest BCUT2D eigenvalue weighted by Gasteiger charge is -2.31. The number of Topliss-reactive ketones (excluding diaryl/α,β-unsaturated/α-hetero) is 1. The number of carbonyl (C=O) groups excluding carboxylic acids is 1. The van der Waals surface area contributed by atoms with Crippen molar-refractivity contribution < 1.29 is 34.4 Å². The summed E-state index contributed by atoms with van der Waals surface area (Å²) in [5.74, 6) is -2.83. The van der Waals surface area contributed by atoms with E-state index in [0.717, 1.165) is 11.1 Å². The first-order valence-electron chi connectivity index (χ1n) is 8.24. The van der Waals surface area contributed by atoms with E-state index in [9.17, 15) is 19.5 Å². The zero-order valence-electron chi connectivity index (χ0n) is 13.6. The Morgan fingerprint density at radius 3 is 2.56 bits per heavy atom. The van der Waals surface area contributed by atoms with Gasteiger partial charge in [-0.1, -0.05) is 12.1 Å². The summed E-state index contributed by atoms with van der Waals surface area (Å²) in [4.78, 5) is 33.8. The van der Waals surface area contributed by atoms with Crippen molar-refractivity contribution in [3.05, 3.63) is 29.3 Å². The Morgan fingerprint density at radius 1 is 1.12 bits per heavy atom. The van der Waals surface area contributed by atoms with E-state index in [0.29, 0.717) is 25.0 Å². The molecular weight excluding hydrogens is 328 g/mol. The quantitative estimate of drug-likeness (QED) is 0.653. The minimum atomic E-state index is -1.18. The highest BCUT2D eigenvalue weighted by Gasteiger charge is 2.48. The van der Waals surface area contributed by atoms with Gasteiger partial charge in [-0.25, -0.2) is 4.79 Å². The molecule has 3 rings (SSSR count). The highest BCUT2D eigenvalue weighted by atomic mass is 16.5. The van der Waals surface area contributed by atoms with Crippen molar-refractivity contribution in [2.75, 3.05) is 6.61 Å². The molecule has 0 unspecified atom stereocenters. The van der Waals surface area contributed by atoms with Gasteiger partial charge in [-0.05, 0) is 48.3 Å². The number of rotatable bonds is 6. The van der Waals surface area contributed by atoms with E-state index in [1.807, 2.05) is 6.07 Å². The van der Waals surface area contributed by atoms with E-state index in [4.69, 9.17) is 14.9 Å². The van der Waals surface area contributed by atoms with Gasteiger partial charge in [0.25, 0.3) is 0 Å². The molecule has 134 valence electrons. The number of aliphatic hydroxyl groups is 1. The normalized spacial score (nSPS) is 27.2. The molecule has 3 N–H and O–H groups in total. The van der Waals surface area contributed by atoms with Crippen LogP contribution in [-0.4, -0.2) is 45.8 Å². The molecule has 25 heavy (non-hydrogen) atoms. The topological polar surface area (TPSA) is 121 Å². The van der Waals surface area contributed by atoms with Gasteiger partial charge in [0.2, 0.25) is 0 Å². The average Bonchev–Trinajstić information content (AvgIpc) is 2.84. The van der Waals surface area contributed by atoms with Crippen LogP contribution in [0.1, 0.15) is 24.0 Å². The molecule has 4 atom stereocenters. The number of carbonyl (C=O) groups is 3. The van der Waals surface area contributed by atoms with E-state index in [-0.39, 0.29) is 11.8 Å². The molecule has 1 aromatic carbocycles. The van der Waals surface area contributed by atoms with Crippen LogP contribution < -0.4 is 4.74 Å². The van der Waals surface area contributed by atoms with E-state index >= 15 is 0 Å². The first kappa shape index (κ1) is 17.4. The number of fused-ring (bicyclic) bond motifs is 2. The van der Waals surface area contributed by atoms with Crippen LogP contribution in [0.4, 0.5) is 0 Å². The van der Waals surface area contributed by atoms with Gasteiger partial charge in [0.05, 0.1) is 6.10 Å². The molecule has 0 radical (unpaired) electrons. The molecule has 0 amide bonds. The van der Waals surface area contributed by atoms with Crippen molar-refractivity contribution in [1.82, 2.24) is 0 Å². The van der Waals surface area contributed by atoms with Crippen molar-refractivity contribution in [3.63, 3.8) is 0 Å². The van der Waals surface area contributed by atoms with Crippen LogP contribution in [-0.2, 0) is 27.2 Å². The summed E-state index contributed by atoms with van der Waals surface area (Å²) in [6, 6.07) is 5.40. The molecule has 1 saturated carbocycles. The summed E-state index contributed by atoms with van der Waals surface area (Å²) in [6.07, 6.45) is 0.174. The fraction of sp³-hybridized carbons (Fsp3) is 0.500. The minimum Gasteiger partial charge on any atom is -0.482 e. The molecule has 1 aromatic rings. The summed E-state index contributed by atoms with van der Waals surface area (Å²) in [5.41, 5.74) is 1.88. The molecule has 7 nitrogen and oxygen atoms in total. The molecule has 0 aliphatic heterocycles. The predicted octanol–water partition coefficient (Wildman–Crippen LogP) is 0.906. The molecule has 1 fully saturated rings. The Kier molecular flexibility index (Phi) is 4.76. The minimum absolute atomic E-state index is 0.0554. The molecule has 0 heterocycles. The molecule has 7 heteroatoms. The van der Waals surface area contributed by atoms with E-state index in [1.54, 1.807) is 12.1 Å². The summed E-state index contributed by atoms with van der Waals surface area (Å²) < 4.78 is 5.36. The SMILES string of the molecule is O=C(O)COc1cccc2c1C[C@H]1C[C@@H](O)[C@H](C(=O)CC(=O)O)[C@H]1C2. The van der Waals surface area contributed by atoms with Crippen LogP contribution in [0.3, 0.4) is 0 Å². The molecule has 0 aromatic heterocycles. The van der Waals surface area contributed by atoms with E-state index in [1.165, 1.54) is 0 Å². The molecule has 0 spiro atoms. The second-order valence-electron chi connectivity index (χ2n) is 6.77. The lowest BCUT2D eigenvalue weighted by Crippen LogP contribution is -2.33. The number of hydrogen-bond donors (Lipinski definition) is 3. The van der Waals surface area contributed by atoms with Crippen LogP contribution in [0.15, 0.2) is 18.2 Å². The third-order valence-electron chi connectivity index (χ3n) is 5.23. The average molecular weight is 348 g/mol. The molecule has 2 aliphatic rings. The van der Waals surface area contributed by atoms with Crippen LogP contribution in [0, 0.1) is 17.8 Å². The highest BCUT2D eigenvalue weighted by Crippen LogP contribution is 2.47. The molecular formula is C18H20O7. The number of carboxylic acid groups (broad SMARTS) is 2. The third-order valence-corrected chi connectivity index (χ3v) is 5.23. The summed E-state index contributed by atoms with van der Waals surface area (Å²) >= 11 is 0. The number of ketones is 1. The van der Waals surface area contributed by atoms with Crippen LogP contribution in [0.2, 0.25) is 0 Å². The fourth-order valence-electron chi connectivity index (χ4n) is 4.28. The van der Waals surface area contributed by atoms with Gasteiger partial charge in [0.1, 0.15) is 18.0 Å². The van der Waals surface area contributed by atoms with Gasteiger partial charge in [0, 0.05) is 5.92 Å². The Labute approximate surface area is 144 Å². The van der Waals surface area contributed by atoms with Crippen LogP contribution in [0.25, 0.3) is 0 Å². The first-order valence-corrected chi connectivity index (χ1v) is 8.24. The second kappa shape index (κ2) is 6.84. The van der Waals surface area contributed by atoms with Crippen molar-refractivity contribution in [2.24, 2.45) is 17.8 Å². The number of hydrogen-bond acceptors (Lipinski definition) is 5. The zero-order valence-corrected chi connectivity index (χ0v) is 13.6. The maximum atomic E-state index is 12.2. The van der Waals surface area contributed by atoms with Gasteiger partial charge >= 0.3 is 11.9 Å². The monoisotopic (exact) mass is 348 g/mol. The lowest BCUT2D eigenvalue weighted by molar-refractivity contribution is -0.143. The fourth-order valence-corrected chi connectivity index (χ4v) is 4.28. The Balaban J connectivity index is 1.83. The van der Waals surface area contributed by atoms with Crippen molar-refractivity contribution >= 4 is 17.7 Å². The Bertz CT molecular complexity index is 711. The smallest absolute Gasteiger partial charge is 0.341 e. The number of benzene rings is 1. The maximum absolute atomic E-state index is 12.2. The van der Waals surface area contributed by atoms with Gasteiger partial charge < -0.3 is 20.1 Å². The van der Waals surface area contributed by atoms with E-state index < -0.39 is 42.8 Å². The van der Waals surface area contributed by atoms with E-state index in [2.05, 4.69) is 0 Å². The highest BCUT2D eigenvalue weighted by molar-refractivity contribution is 5.96. The molecule has 0 bridgehead atoms. The maximum Gasteiger partial charge on any atom is 0.341 e. The van der Waals surface area contributed by atoms with Gasteiger partial charge in [-0.2, -0.15) is 0 Å². The first-order chi connectivity index (χ1) is 11.9. The van der Waals surface area contributed by atoms with Gasteiger partial charge in [-0.15, -0.1) is 0 Å². The lowest BCUT2D eigenvalue weighted by atomic mass is 9.73. The second-order valence-corrected chi connectivity index (χ2v) is 6.77. The predicted molar refractivity (Wildman–Crippen MR) is 85.3 cm³/mol. The summed E-state index contributed by atoms with van der Waals surface area (Å²) in [6.45, 7) is -0.424. The summed E-state index contributed by atoms with van der Waals surface area (Å²) in [7, 11) is 0. The van der Waals surface area contributed by atoms with Gasteiger partial charge in [-0.3, -0.25) is 9.59 Å². The van der Waals surface area contributed by atoms with Crippen molar-refractivity contribution in [3.8, 4) is 5.75 Å². The van der Waals surface area contributed by atoms with Crippen LogP contribution in [0.5, 0.6) is 5.75 Å². The summed E-state index contributed by atoms with van der Waals surface area (Å²) in [5, 5.41) is 28.0. The van der Waals surface area contributed by atoms with Gasteiger partial charge in [0.15, 0.2) is 6.61 Å². The van der Waals surface area contributed by atoms with Crippen LogP contribution >= 0.6 is 0 Å². The standard InChI is InChI=1S/C18H20O7/c19-13-6-10-5-11-9(2-1-3-15(11)25-8-17(23)24)4-12(10)18(13)14(20)7-16(21)22/h1-3,10,12-13,18-19H,4-8H2,(H,21,22)(H,23,24)/t10-,12-,13+,18+/m0/s1.